The van der Waals surface area contributed by atoms with E-state index in [0.717, 1.165) is 21.9 Å². The molecule has 0 fully saturated rings. The maximum absolute atomic E-state index is 14.9. The SMILES string of the molecule is Cn1nc(-c2ccc(NC(=O)C(NC(=O)O)C(c3ccccc3)c3ccccc3)cc2F)ccc1=O. The van der Waals surface area contributed by atoms with Crippen LogP contribution < -0.4 is 16.2 Å². The highest BCUT2D eigenvalue weighted by atomic mass is 19.1. The Morgan fingerprint density at radius 1 is 0.917 bits per heavy atom. The number of anilines is 1. The van der Waals surface area contributed by atoms with Crippen LogP contribution in [0.5, 0.6) is 0 Å². The number of carbonyl (C=O) groups is 2. The van der Waals surface area contributed by atoms with Crippen LogP contribution in [-0.4, -0.2) is 32.9 Å². The molecule has 4 aromatic rings. The van der Waals surface area contributed by atoms with Gasteiger partial charge in [0.1, 0.15) is 11.9 Å². The summed E-state index contributed by atoms with van der Waals surface area (Å²) in [7, 11) is 1.46. The molecule has 0 aliphatic carbocycles. The standard InChI is InChI=1S/C27H23FN4O4/c1-32-23(33)15-14-22(31-32)20-13-12-19(16-21(20)28)29-26(34)25(30-27(35)36)24(17-8-4-2-5-9-17)18-10-6-3-7-11-18/h2-16,24-25,30H,1H3,(H,29,34)(H,35,36). The molecule has 182 valence electrons. The van der Waals surface area contributed by atoms with Gasteiger partial charge in [-0.1, -0.05) is 60.7 Å². The van der Waals surface area contributed by atoms with E-state index in [0.29, 0.717) is 0 Å². The van der Waals surface area contributed by atoms with Gasteiger partial charge >= 0.3 is 6.09 Å². The van der Waals surface area contributed by atoms with Crippen molar-refractivity contribution in [2.75, 3.05) is 5.32 Å². The summed E-state index contributed by atoms with van der Waals surface area (Å²) < 4.78 is 16.0. The van der Waals surface area contributed by atoms with Crippen LogP contribution in [0, 0.1) is 5.82 Å². The molecule has 9 heteroatoms. The van der Waals surface area contributed by atoms with E-state index >= 15 is 0 Å². The van der Waals surface area contributed by atoms with Gasteiger partial charge in [-0.25, -0.2) is 13.9 Å². The van der Waals surface area contributed by atoms with Crippen molar-refractivity contribution in [3.8, 4) is 11.3 Å². The van der Waals surface area contributed by atoms with Crippen molar-refractivity contribution in [1.82, 2.24) is 15.1 Å². The molecule has 0 aliphatic rings. The van der Waals surface area contributed by atoms with Crippen LogP contribution in [0.2, 0.25) is 0 Å². The molecular formula is C27H23FN4O4. The van der Waals surface area contributed by atoms with Crippen LogP contribution in [0.15, 0.2) is 95.8 Å². The number of carbonyl (C=O) groups excluding carboxylic acids is 1. The molecule has 0 spiro atoms. The van der Waals surface area contributed by atoms with E-state index < -0.39 is 29.8 Å². The molecule has 1 atom stereocenters. The minimum Gasteiger partial charge on any atom is -0.465 e. The van der Waals surface area contributed by atoms with Gasteiger partial charge in [0.15, 0.2) is 0 Å². The number of nitrogens with one attached hydrogen (secondary N) is 2. The van der Waals surface area contributed by atoms with Crippen molar-refractivity contribution in [2.45, 2.75) is 12.0 Å². The van der Waals surface area contributed by atoms with Gasteiger partial charge in [-0.2, -0.15) is 5.10 Å². The number of benzene rings is 3. The maximum atomic E-state index is 14.9. The summed E-state index contributed by atoms with van der Waals surface area (Å²) in [4.78, 5) is 36.6. The third kappa shape index (κ3) is 5.47. The summed E-state index contributed by atoms with van der Waals surface area (Å²) in [5.41, 5.74) is 1.69. The van der Waals surface area contributed by atoms with Crippen LogP contribution in [0.4, 0.5) is 14.9 Å². The van der Waals surface area contributed by atoms with E-state index in [1.807, 2.05) is 60.7 Å². The number of aromatic nitrogens is 2. The Morgan fingerprint density at radius 2 is 1.53 bits per heavy atom. The second-order valence-electron chi connectivity index (χ2n) is 8.09. The molecule has 4 rings (SSSR count). The molecule has 0 saturated heterocycles. The van der Waals surface area contributed by atoms with Crippen molar-refractivity contribution in [2.24, 2.45) is 7.05 Å². The van der Waals surface area contributed by atoms with Crippen LogP contribution in [0.1, 0.15) is 17.0 Å². The fraction of sp³-hybridized carbons (Fsp3) is 0.111. The molecular weight excluding hydrogens is 463 g/mol. The van der Waals surface area contributed by atoms with Gasteiger partial charge in [0.05, 0.1) is 5.69 Å². The zero-order valence-electron chi connectivity index (χ0n) is 19.3. The Hall–Kier alpha value is -4.79. The van der Waals surface area contributed by atoms with E-state index in [4.69, 9.17) is 0 Å². The summed E-state index contributed by atoms with van der Waals surface area (Å²) >= 11 is 0. The lowest BCUT2D eigenvalue weighted by Gasteiger charge is -2.27. The van der Waals surface area contributed by atoms with Crippen molar-refractivity contribution in [3.63, 3.8) is 0 Å². The minimum absolute atomic E-state index is 0.142. The lowest BCUT2D eigenvalue weighted by atomic mass is 9.84. The lowest BCUT2D eigenvalue weighted by molar-refractivity contribution is -0.118. The fourth-order valence-electron chi connectivity index (χ4n) is 4.00. The highest BCUT2D eigenvalue weighted by Crippen LogP contribution is 2.30. The number of nitrogens with zero attached hydrogens (tertiary/aromatic N) is 2. The Kier molecular flexibility index (Phi) is 7.20. The van der Waals surface area contributed by atoms with Gasteiger partial charge in [-0.05, 0) is 35.4 Å². The number of halogens is 1. The minimum atomic E-state index is -1.37. The zero-order valence-corrected chi connectivity index (χ0v) is 19.3. The molecule has 1 aromatic heterocycles. The molecule has 3 aromatic carbocycles. The first kappa shape index (κ1) is 24.3. The summed E-state index contributed by atoms with van der Waals surface area (Å²) in [6, 6.07) is 23.7. The van der Waals surface area contributed by atoms with Crippen molar-refractivity contribution in [3.05, 3.63) is 118 Å². The topological polar surface area (TPSA) is 113 Å². The number of rotatable bonds is 7. The molecule has 2 amide bonds. The van der Waals surface area contributed by atoms with E-state index in [1.165, 1.54) is 31.3 Å². The van der Waals surface area contributed by atoms with E-state index in [1.54, 1.807) is 0 Å². The molecule has 3 N–H and O–H groups in total. The van der Waals surface area contributed by atoms with E-state index in [-0.39, 0.29) is 22.5 Å². The Bertz CT molecular complexity index is 1400. The molecule has 8 nitrogen and oxygen atoms in total. The second kappa shape index (κ2) is 10.6. The zero-order chi connectivity index (χ0) is 25.7. The first-order valence-corrected chi connectivity index (χ1v) is 11.1. The number of hydrogen-bond donors (Lipinski definition) is 3. The highest BCUT2D eigenvalue weighted by Gasteiger charge is 2.32. The van der Waals surface area contributed by atoms with Crippen LogP contribution in [-0.2, 0) is 11.8 Å². The van der Waals surface area contributed by atoms with Gasteiger partial charge in [0.25, 0.3) is 5.56 Å². The Labute approximate surface area is 206 Å². The smallest absolute Gasteiger partial charge is 0.405 e. The van der Waals surface area contributed by atoms with Gasteiger partial charge in [0.2, 0.25) is 5.91 Å². The predicted octanol–water partition coefficient (Wildman–Crippen LogP) is 3.99. The second-order valence-corrected chi connectivity index (χ2v) is 8.09. The lowest BCUT2D eigenvalue weighted by Crippen LogP contribution is -2.47. The van der Waals surface area contributed by atoms with Crippen molar-refractivity contribution >= 4 is 17.7 Å². The van der Waals surface area contributed by atoms with Crippen molar-refractivity contribution in [1.29, 1.82) is 0 Å². The third-order valence-electron chi connectivity index (χ3n) is 5.69. The number of carboxylic acid groups (broad SMARTS) is 1. The average Bonchev–Trinajstić information content (AvgIpc) is 2.86. The Morgan fingerprint density at radius 3 is 2.06 bits per heavy atom. The molecule has 0 aliphatic heterocycles. The quantitative estimate of drug-likeness (QED) is 0.366. The average molecular weight is 487 g/mol. The van der Waals surface area contributed by atoms with E-state index in [2.05, 4.69) is 15.7 Å². The van der Waals surface area contributed by atoms with Gasteiger partial charge < -0.3 is 15.7 Å². The Balaban J connectivity index is 1.66. The van der Waals surface area contributed by atoms with Gasteiger partial charge in [0, 0.05) is 30.3 Å². The van der Waals surface area contributed by atoms with Gasteiger partial charge in [-0.3, -0.25) is 9.59 Å². The van der Waals surface area contributed by atoms with Gasteiger partial charge in [-0.15, -0.1) is 0 Å². The normalized spacial score (nSPS) is 11.6. The number of amides is 2. The van der Waals surface area contributed by atoms with E-state index in [9.17, 15) is 23.9 Å². The summed E-state index contributed by atoms with van der Waals surface area (Å²) in [5.74, 6) is -1.95. The first-order valence-electron chi connectivity index (χ1n) is 11.1. The number of hydrogen-bond acceptors (Lipinski definition) is 4. The molecule has 0 radical (unpaired) electrons. The molecule has 0 bridgehead atoms. The molecule has 36 heavy (non-hydrogen) atoms. The van der Waals surface area contributed by atoms with Crippen molar-refractivity contribution < 1.29 is 19.1 Å². The third-order valence-corrected chi connectivity index (χ3v) is 5.69. The highest BCUT2D eigenvalue weighted by molar-refractivity contribution is 5.97. The molecule has 1 heterocycles. The summed E-state index contributed by atoms with van der Waals surface area (Å²) in [6.45, 7) is 0. The largest absolute Gasteiger partial charge is 0.465 e. The van der Waals surface area contributed by atoms with Crippen LogP contribution in [0.25, 0.3) is 11.3 Å². The monoisotopic (exact) mass is 486 g/mol. The maximum Gasteiger partial charge on any atom is 0.405 e. The summed E-state index contributed by atoms with van der Waals surface area (Å²) in [6.07, 6.45) is -1.37. The predicted molar refractivity (Wildman–Crippen MR) is 133 cm³/mol. The molecule has 1 unspecified atom stereocenters. The van der Waals surface area contributed by atoms with Crippen LogP contribution in [0.3, 0.4) is 0 Å². The molecule has 0 saturated carbocycles. The van der Waals surface area contributed by atoms with Crippen LogP contribution >= 0.6 is 0 Å². The first-order chi connectivity index (χ1) is 17.3. The fourth-order valence-corrected chi connectivity index (χ4v) is 4.00. The summed E-state index contributed by atoms with van der Waals surface area (Å²) in [5, 5.41) is 18.5. The number of aryl methyl sites for hydroxylation is 1.